The number of aliphatic hydroxyl groups excluding tert-OH is 1. The highest BCUT2D eigenvalue weighted by Crippen LogP contribution is 2.17. The van der Waals surface area contributed by atoms with Gasteiger partial charge in [0.2, 0.25) is 0 Å². The van der Waals surface area contributed by atoms with E-state index in [1.807, 2.05) is 6.92 Å². The zero-order valence-corrected chi connectivity index (χ0v) is 10.0. The summed E-state index contributed by atoms with van der Waals surface area (Å²) >= 11 is 0. The van der Waals surface area contributed by atoms with Crippen molar-refractivity contribution in [3.05, 3.63) is 34.9 Å². The van der Waals surface area contributed by atoms with Gasteiger partial charge in [-0.15, -0.1) is 0 Å². The first-order chi connectivity index (χ1) is 7.04. The normalized spacial score (nSPS) is 15.0. The van der Waals surface area contributed by atoms with Crippen LogP contribution in [0.1, 0.15) is 36.6 Å². The first-order valence-electron chi connectivity index (χ1n) is 5.48. The van der Waals surface area contributed by atoms with Crippen LogP contribution in [0.3, 0.4) is 0 Å². The van der Waals surface area contributed by atoms with Crippen molar-refractivity contribution in [1.82, 2.24) is 5.32 Å². The molecule has 2 N–H and O–H groups in total. The average molecular weight is 207 g/mol. The van der Waals surface area contributed by atoms with Crippen LogP contribution in [0.2, 0.25) is 0 Å². The van der Waals surface area contributed by atoms with Gasteiger partial charge in [0.15, 0.2) is 0 Å². The van der Waals surface area contributed by atoms with E-state index in [2.05, 4.69) is 44.3 Å². The SMILES string of the molecule is Cc1ccc([C@H](C)N[C@@H](C)CO)cc1C. The van der Waals surface area contributed by atoms with Crippen molar-refractivity contribution in [2.45, 2.75) is 39.8 Å². The van der Waals surface area contributed by atoms with Gasteiger partial charge < -0.3 is 10.4 Å². The maximum Gasteiger partial charge on any atom is 0.0582 e. The summed E-state index contributed by atoms with van der Waals surface area (Å²) in [6, 6.07) is 6.92. The zero-order valence-electron chi connectivity index (χ0n) is 10.0. The molecule has 84 valence electrons. The molecule has 2 nitrogen and oxygen atoms in total. The Labute approximate surface area is 92.3 Å². The lowest BCUT2D eigenvalue weighted by Crippen LogP contribution is -2.31. The fourth-order valence-electron chi connectivity index (χ4n) is 1.61. The summed E-state index contributed by atoms with van der Waals surface area (Å²) in [4.78, 5) is 0. The fraction of sp³-hybridized carbons (Fsp3) is 0.538. The minimum Gasteiger partial charge on any atom is -0.395 e. The largest absolute Gasteiger partial charge is 0.395 e. The minimum absolute atomic E-state index is 0.140. The Morgan fingerprint density at radius 3 is 2.40 bits per heavy atom. The summed E-state index contributed by atoms with van der Waals surface area (Å²) in [5, 5.41) is 12.3. The Kier molecular flexibility index (Phi) is 4.30. The first kappa shape index (κ1) is 12.2. The average Bonchev–Trinajstić information content (AvgIpc) is 2.21. The maximum absolute atomic E-state index is 8.97. The van der Waals surface area contributed by atoms with E-state index < -0.39 is 0 Å². The predicted molar refractivity (Wildman–Crippen MR) is 64.0 cm³/mol. The van der Waals surface area contributed by atoms with Crippen molar-refractivity contribution < 1.29 is 5.11 Å². The maximum atomic E-state index is 8.97. The molecular formula is C13H21NO. The molecular weight excluding hydrogens is 186 g/mol. The van der Waals surface area contributed by atoms with Gasteiger partial charge in [-0.25, -0.2) is 0 Å². The first-order valence-corrected chi connectivity index (χ1v) is 5.48. The molecule has 1 aromatic rings. The number of hydrogen-bond donors (Lipinski definition) is 2. The number of aliphatic hydroxyl groups is 1. The van der Waals surface area contributed by atoms with Gasteiger partial charge in [-0.05, 0) is 44.4 Å². The summed E-state index contributed by atoms with van der Waals surface area (Å²) in [5.74, 6) is 0. The molecule has 0 aliphatic heterocycles. The van der Waals surface area contributed by atoms with Gasteiger partial charge in [-0.2, -0.15) is 0 Å². The Bertz CT molecular complexity index is 322. The van der Waals surface area contributed by atoms with Gasteiger partial charge in [0, 0.05) is 12.1 Å². The molecule has 0 fully saturated rings. The Morgan fingerprint density at radius 2 is 1.87 bits per heavy atom. The quantitative estimate of drug-likeness (QED) is 0.794. The van der Waals surface area contributed by atoms with Crippen LogP contribution in [0.5, 0.6) is 0 Å². The van der Waals surface area contributed by atoms with Crippen molar-refractivity contribution in [2.75, 3.05) is 6.61 Å². The van der Waals surface area contributed by atoms with Crippen LogP contribution < -0.4 is 5.32 Å². The lowest BCUT2D eigenvalue weighted by molar-refractivity contribution is 0.243. The lowest BCUT2D eigenvalue weighted by atomic mass is 10.0. The van der Waals surface area contributed by atoms with Crippen molar-refractivity contribution in [2.24, 2.45) is 0 Å². The Balaban J connectivity index is 2.73. The van der Waals surface area contributed by atoms with Gasteiger partial charge in [-0.1, -0.05) is 18.2 Å². The van der Waals surface area contributed by atoms with Gasteiger partial charge >= 0.3 is 0 Å². The monoisotopic (exact) mass is 207 g/mol. The van der Waals surface area contributed by atoms with E-state index >= 15 is 0 Å². The molecule has 0 aliphatic rings. The predicted octanol–water partition coefficient (Wildman–Crippen LogP) is 2.33. The van der Waals surface area contributed by atoms with Crippen molar-refractivity contribution >= 4 is 0 Å². The van der Waals surface area contributed by atoms with Crippen LogP contribution in [0, 0.1) is 13.8 Å². The van der Waals surface area contributed by atoms with Crippen LogP contribution in [-0.2, 0) is 0 Å². The van der Waals surface area contributed by atoms with E-state index in [0.29, 0.717) is 0 Å². The smallest absolute Gasteiger partial charge is 0.0582 e. The van der Waals surface area contributed by atoms with E-state index in [1.165, 1.54) is 16.7 Å². The highest BCUT2D eigenvalue weighted by Gasteiger charge is 2.08. The van der Waals surface area contributed by atoms with Crippen LogP contribution in [-0.4, -0.2) is 17.8 Å². The number of hydrogen-bond acceptors (Lipinski definition) is 2. The Morgan fingerprint density at radius 1 is 1.20 bits per heavy atom. The summed E-state index contributed by atoms with van der Waals surface area (Å²) in [6.07, 6.45) is 0. The highest BCUT2D eigenvalue weighted by atomic mass is 16.3. The van der Waals surface area contributed by atoms with E-state index in [1.54, 1.807) is 0 Å². The number of aryl methyl sites for hydroxylation is 2. The van der Waals surface area contributed by atoms with Crippen molar-refractivity contribution in [1.29, 1.82) is 0 Å². The molecule has 0 unspecified atom stereocenters. The second-order valence-electron chi connectivity index (χ2n) is 4.32. The molecule has 0 heterocycles. The van der Waals surface area contributed by atoms with Crippen molar-refractivity contribution in [3.8, 4) is 0 Å². The van der Waals surface area contributed by atoms with Gasteiger partial charge in [-0.3, -0.25) is 0 Å². The molecule has 1 aromatic carbocycles. The van der Waals surface area contributed by atoms with Crippen LogP contribution in [0.15, 0.2) is 18.2 Å². The topological polar surface area (TPSA) is 32.3 Å². The van der Waals surface area contributed by atoms with Gasteiger partial charge in [0.25, 0.3) is 0 Å². The zero-order chi connectivity index (χ0) is 11.4. The van der Waals surface area contributed by atoms with E-state index in [4.69, 9.17) is 5.11 Å². The molecule has 0 aliphatic carbocycles. The summed E-state index contributed by atoms with van der Waals surface area (Å²) in [7, 11) is 0. The molecule has 0 saturated carbocycles. The highest BCUT2D eigenvalue weighted by molar-refractivity contribution is 5.31. The van der Waals surface area contributed by atoms with Gasteiger partial charge in [0.05, 0.1) is 6.61 Å². The van der Waals surface area contributed by atoms with E-state index in [-0.39, 0.29) is 18.7 Å². The third-order valence-electron chi connectivity index (χ3n) is 2.84. The molecule has 1 rings (SSSR count). The number of benzene rings is 1. The lowest BCUT2D eigenvalue weighted by Gasteiger charge is -2.19. The van der Waals surface area contributed by atoms with E-state index in [0.717, 1.165) is 0 Å². The molecule has 0 aromatic heterocycles. The summed E-state index contributed by atoms with van der Waals surface area (Å²) in [6.45, 7) is 8.53. The van der Waals surface area contributed by atoms with Crippen LogP contribution in [0.25, 0.3) is 0 Å². The minimum atomic E-state index is 0.140. The molecule has 2 heteroatoms. The van der Waals surface area contributed by atoms with Gasteiger partial charge in [0.1, 0.15) is 0 Å². The third kappa shape index (κ3) is 3.33. The second kappa shape index (κ2) is 5.29. The molecule has 15 heavy (non-hydrogen) atoms. The summed E-state index contributed by atoms with van der Waals surface area (Å²) < 4.78 is 0. The second-order valence-corrected chi connectivity index (χ2v) is 4.32. The molecule has 0 bridgehead atoms. The molecule has 0 spiro atoms. The molecule has 2 atom stereocenters. The number of rotatable bonds is 4. The fourth-order valence-corrected chi connectivity index (χ4v) is 1.61. The van der Waals surface area contributed by atoms with Crippen molar-refractivity contribution in [3.63, 3.8) is 0 Å². The number of nitrogens with one attached hydrogen (secondary N) is 1. The van der Waals surface area contributed by atoms with Crippen LogP contribution in [0.4, 0.5) is 0 Å². The molecule has 0 saturated heterocycles. The summed E-state index contributed by atoms with van der Waals surface area (Å²) in [5.41, 5.74) is 3.91. The van der Waals surface area contributed by atoms with Crippen LogP contribution >= 0.6 is 0 Å². The Hall–Kier alpha value is -0.860. The molecule has 0 radical (unpaired) electrons. The van der Waals surface area contributed by atoms with E-state index in [9.17, 15) is 0 Å². The standard InChI is InChI=1S/C13H21NO/c1-9-5-6-13(7-10(9)2)12(4)14-11(3)8-15/h5-7,11-12,14-15H,8H2,1-4H3/t11-,12-/m0/s1. The molecule has 0 amide bonds. The third-order valence-corrected chi connectivity index (χ3v) is 2.84.